The van der Waals surface area contributed by atoms with Crippen LogP contribution in [0.2, 0.25) is 0 Å². The number of aryl methyl sites for hydroxylation is 1. The molecule has 1 fully saturated rings. The predicted octanol–water partition coefficient (Wildman–Crippen LogP) is 2.00. The molecule has 5 nitrogen and oxygen atoms in total. The fourth-order valence-electron chi connectivity index (χ4n) is 3.62. The van der Waals surface area contributed by atoms with Crippen molar-refractivity contribution in [2.45, 2.75) is 51.0 Å². The Morgan fingerprint density at radius 3 is 3.00 bits per heavy atom. The number of benzene rings is 1. The summed E-state index contributed by atoms with van der Waals surface area (Å²) in [6.07, 6.45) is 6.36. The molecule has 0 radical (unpaired) electrons. The molecule has 0 spiro atoms. The van der Waals surface area contributed by atoms with Crippen LogP contribution in [0.5, 0.6) is 0 Å². The molecule has 2 aliphatic rings. The Morgan fingerprint density at radius 2 is 2.08 bits per heavy atom. The van der Waals surface area contributed by atoms with Crippen molar-refractivity contribution in [2.75, 3.05) is 24.5 Å². The fourth-order valence-corrected chi connectivity index (χ4v) is 3.62. The molecule has 1 saturated heterocycles. The monoisotopic (exact) mass is 329 g/mol. The second-order valence-corrected chi connectivity index (χ2v) is 6.73. The first-order valence-electron chi connectivity index (χ1n) is 9.14. The van der Waals surface area contributed by atoms with Crippen molar-refractivity contribution in [3.63, 3.8) is 0 Å². The highest BCUT2D eigenvalue weighted by molar-refractivity contribution is 5.87. The highest BCUT2D eigenvalue weighted by Crippen LogP contribution is 2.26. The van der Waals surface area contributed by atoms with Crippen molar-refractivity contribution in [3.05, 3.63) is 29.8 Å². The van der Waals surface area contributed by atoms with E-state index in [0.29, 0.717) is 13.0 Å². The van der Waals surface area contributed by atoms with Gasteiger partial charge in [0, 0.05) is 31.7 Å². The van der Waals surface area contributed by atoms with Crippen LogP contribution in [0.25, 0.3) is 0 Å². The topological polar surface area (TPSA) is 61.4 Å². The van der Waals surface area contributed by atoms with Crippen LogP contribution in [-0.2, 0) is 16.0 Å². The minimum Gasteiger partial charge on any atom is -0.371 e. The van der Waals surface area contributed by atoms with Gasteiger partial charge in [-0.1, -0.05) is 24.6 Å². The Balaban J connectivity index is 1.42. The van der Waals surface area contributed by atoms with Gasteiger partial charge < -0.3 is 15.5 Å². The number of hydrogen-bond donors (Lipinski definition) is 2. The van der Waals surface area contributed by atoms with E-state index in [4.69, 9.17) is 0 Å². The molecule has 130 valence electrons. The van der Waals surface area contributed by atoms with Crippen LogP contribution in [0, 0.1) is 0 Å². The van der Waals surface area contributed by atoms with E-state index in [1.165, 1.54) is 17.7 Å². The molecular formula is C19H27N3O2. The van der Waals surface area contributed by atoms with Crippen LogP contribution in [0.4, 0.5) is 5.69 Å². The van der Waals surface area contributed by atoms with Gasteiger partial charge in [-0.25, -0.2) is 0 Å². The molecule has 5 heteroatoms. The molecule has 0 bridgehead atoms. The molecule has 0 aromatic heterocycles. The minimum absolute atomic E-state index is 0.00225. The number of carbonyl (C=O) groups excluding carboxylic acids is 2. The maximum absolute atomic E-state index is 12.2. The quantitative estimate of drug-likeness (QED) is 0.812. The zero-order chi connectivity index (χ0) is 16.8. The number of nitrogens with one attached hydrogen (secondary N) is 2. The predicted molar refractivity (Wildman–Crippen MR) is 95.0 cm³/mol. The number of rotatable bonds is 5. The number of para-hydroxylation sites is 1. The Kier molecular flexibility index (Phi) is 5.72. The van der Waals surface area contributed by atoms with Crippen LogP contribution in [0.15, 0.2) is 24.3 Å². The second-order valence-electron chi connectivity index (χ2n) is 6.73. The first-order valence-corrected chi connectivity index (χ1v) is 9.14. The van der Waals surface area contributed by atoms with Crippen LogP contribution in [0.3, 0.4) is 0 Å². The molecule has 1 unspecified atom stereocenters. The average Bonchev–Trinajstić information content (AvgIpc) is 2.83. The lowest BCUT2D eigenvalue weighted by atomic mass is 10.0. The summed E-state index contributed by atoms with van der Waals surface area (Å²) in [6.45, 7) is 2.70. The molecule has 1 aromatic carbocycles. The molecule has 2 amide bonds. The zero-order valence-electron chi connectivity index (χ0n) is 14.2. The Morgan fingerprint density at radius 1 is 1.21 bits per heavy atom. The van der Waals surface area contributed by atoms with E-state index in [1.54, 1.807) is 0 Å². The van der Waals surface area contributed by atoms with Crippen LogP contribution in [0.1, 0.15) is 44.1 Å². The number of anilines is 1. The molecule has 3 rings (SSSR count). The van der Waals surface area contributed by atoms with Gasteiger partial charge in [-0.2, -0.15) is 0 Å². The first-order chi connectivity index (χ1) is 11.7. The van der Waals surface area contributed by atoms with E-state index < -0.39 is 0 Å². The smallest absolute Gasteiger partial charge is 0.242 e. The lowest BCUT2D eigenvalue weighted by Crippen LogP contribution is -2.46. The van der Waals surface area contributed by atoms with Gasteiger partial charge in [0.05, 0.1) is 0 Å². The summed E-state index contributed by atoms with van der Waals surface area (Å²) in [6, 6.07) is 8.24. The maximum Gasteiger partial charge on any atom is 0.242 e. The van der Waals surface area contributed by atoms with Gasteiger partial charge in [0.2, 0.25) is 11.8 Å². The van der Waals surface area contributed by atoms with Crippen LogP contribution in [-0.4, -0.2) is 37.5 Å². The lowest BCUT2D eigenvalue weighted by molar-refractivity contribution is -0.128. The molecule has 0 saturated carbocycles. The normalized spacial score (nSPS) is 20.8. The minimum atomic E-state index is -0.351. The van der Waals surface area contributed by atoms with E-state index in [1.807, 2.05) is 0 Å². The molecule has 1 atom stereocenters. The van der Waals surface area contributed by atoms with E-state index in [0.717, 1.165) is 45.2 Å². The summed E-state index contributed by atoms with van der Waals surface area (Å²) in [5.74, 6) is -0.0399. The largest absolute Gasteiger partial charge is 0.371 e. The fraction of sp³-hybridized carbons (Fsp3) is 0.579. The van der Waals surface area contributed by atoms with E-state index in [2.05, 4.69) is 39.8 Å². The second kappa shape index (κ2) is 8.18. The summed E-state index contributed by atoms with van der Waals surface area (Å²) < 4.78 is 0. The lowest BCUT2D eigenvalue weighted by Gasteiger charge is -2.31. The van der Waals surface area contributed by atoms with Gasteiger partial charge in [0.15, 0.2) is 0 Å². The van der Waals surface area contributed by atoms with Crippen molar-refractivity contribution in [1.29, 1.82) is 0 Å². The van der Waals surface area contributed by atoms with Crippen molar-refractivity contribution >= 4 is 17.5 Å². The van der Waals surface area contributed by atoms with Crippen molar-refractivity contribution in [1.82, 2.24) is 10.6 Å². The van der Waals surface area contributed by atoms with Crippen molar-refractivity contribution < 1.29 is 9.59 Å². The van der Waals surface area contributed by atoms with E-state index in [9.17, 15) is 9.59 Å². The highest BCUT2D eigenvalue weighted by Gasteiger charge is 2.22. The van der Waals surface area contributed by atoms with Gasteiger partial charge in [0.25, 0.3) is 0 Å². The molecule has 2 heterocycles. The van der Waals surface area contributed by atoms with Gasteiger partial charge >= 0.3 is 0 Å². The Hall–Kier alpha value is -2.04. The van der Waals surface area contributed by atoms with Crippen LogP contribution >= 0.6 is 0 Å². The first kappa shape index (κ1) is 16.8. The van der Waals surface area contributed by atoms with E-state index >= 15 is 0 Å². The molecule has 24 heavy (non-hydrogen) atoms. The Bertz CT molecular complexity index is 588. The van der Waals surface area contributed by atoms with Gasteiger partial charge in [0.1, 0.15) is 6.04 Å². The summed E-state index contributed by atoms with van der Waals surface area (Å²) in [7, 11) is 0. The standard InChI is InChI=1S/C19H27N3O2/c23-18-11-4-2-9-16(21-18)19(24)20-12-6-14-22-13-5-8-15-7-1-3-10-17(15)22/h1,3,7,10,16H,2,4-6,8-9,11-14H2,(H,20,24)(H,21,23). The third-order valence-corrected chi connectivity index (χ3v) is 4.91. The molecule has 2 aliphatic heterocycles. The summed E-state index contributed by atoms with van der Waals surface area (Å²) in [4.78, 5) is 26.2. The Labute approximate surface area is 143 Å². The van der Waals surface area contributed by atoms with Crippen molar-refractivity contribution in [3.8, 4) is 0 Å². The molecular weight excluding hydrogens is 302 g/mol. The summed E-state index contributed by atoms with van der Waals surface area (Å²) in [5.41, 5.74) is 2.76. The third-order valence-electron chi connectivity index (χ3n) is 4.91. The SMILES string of the molecule is O=C1CCCCC(C(=O)NCCCN2CCCc3ccccc32)N1. The van der Waals surface area contributed by atoms with Gasteiger partial charge in [-0.3, -0.25) is 9.59 Å². The number of nitrogens with zero attached hydrogens (tertiary/aromatic N) is 1. The number of fused-ring (bicyclic) bond motifs is 1. The van der Waals surface area contributed by atoms with Gasteiger partial charge in [-0.15, -0.1) is 0 Å². The molecule has 0 aliphatic carbocycles. The summed E-state index contributed by atoms with van der Waals surface area (Å²) in [5, 5.41) is 5.80. The van der Waals surface area contributed by atoms with Crippen LogP contribution < -0.4 is 15.5 Å². The number of hydrogen-bond acceptors (Lipinski definition) is 3. The van der Waals surface area contributed by atoms with Gasteiger partial charge in [-0.05, 0) is 43.7 Å². The number of amides is 2. The zero-order valence-corrected chi connectivity index (χ0v) is 14.2. The third kappa shape index (κ3) is 4.28. The maximum atomic E-state index is 12.2. The summed E-state index contributed by atoms with van der Waals surface area (Å²) >= 11 is 0. The number of carbonyl (C=O) groups is 2. The molecule has 1 aromatic rings. The highest BCUT2D eigenvalue weighted by atomic mass is 16.2. The average molecular weight is 329 g/mol. The van der Waals surface area contributed by atoms with E-state index in [-0.39, 0.29) is 17.9 Å². The van der Waals surface area contributed by atoms with Crippen molar-refractivity contribution in [2.24, 2.45) is 0 Å². The molecule has 2 N–H and O–H groups in total.